The lowest BCUT2D eigenvalue weighted by Gasteiger charge is -2.11. The zero-order valence-corrected chi connectivity index (χ0v) is 11.8. The van der Waals surface area contributed by atoms with Gasteiger partial charge in [-0.05, 0) is 23.8 Å². The van der Waals surface area contributed by atoms with Gasteiger partial charge in [-0.2, -0.15) is 15.6 Å². The van der Waals surface area contributed by atoms with E-state index in [1.807, 2.05) is 49.3 Å². The average molecular weight is 278 g/mol. The van der Waals surface area contributed by atoms with Crippen molar-refractivity contribution in [1.82, 2.24) is 10.2 Å². The fourth-order valence-corrected chi connectivity index (χ4v) is 1.86. The zero-order chi connectivity index (χ0) is 15.4. The van der Waals surface area contributed by atoms with Crippen molar-refractivity contribution in [2.45, 2.75) is 0 Å². The number of anilines is 2. The van der Waals surface area contributed by atoms with Gasteiger partial charge in [0.25, 0.3) is 0 Å². The summed E-state index contributed by atoms with van der Waals surface area (Å²) in [6, 6.07) is 11.7. The second-order valence-corrected chi connectivity index (χ2v) is 4.63. The molecule has 3 N–H and O–H groups in total. The van der Waals surface area contributed by atoms with Crippen LogP contribution < -0.4 is 10.6 Å². The van der Waals surface area contributed by atoms with Gasteiger partial charge in [0.05, 0.1) is 11.3 Å². The number of aromatic amines is 1. The summed E-state index contributed by atoms with van der Waals surface area (Å²) in [6.07, 6.45) is 1.69. The van der Waals surface area contributed by atoms with Crippen molar-refractivity contribution in [3.63, 3.8) is 0 Å². The van der Waals surface area contributed by atoms with E-state index in [2.05, 4.69) is 16.3 Å². The Labute approximate surface area is 122 Å². The fourth-order valence-electron chi connectivity index (χ4n) is 1.86. The smallest absolute Gasteiger partial charge is 0.163 e. The lowest BCUT2D eigenvalue weighted by Crippen LogP contribution is -2.07. The van der Waals surface area contributed by atoms with Gasteiger partial charge in [0, 0.05) is 19.8 Å². The Morgan fingerprint density at radius 2 is 1.95 bits per heavy atom. The van der Waals surface area contributed by atoms with Gasteiger partial charge in [-0.15, -0.1) is 0 Å². The van der Waals surface area contributed by atoms with E-state index in [0.29, 0.717) is 11.3 Å². The summed E-state index contributed by atoms with van der Waals surface area (Å²) in [4.78, 5) is 1.99. The molecule has 21 heavy (non-hydrogen) atoms. The predicted molar refractivity (Wildman–Crippen MR) is 82.0 cm³/mol. The molecule has 0 radical (unpaired) electrons. The summed E-state index contributed by atoms with van der Waals surface area (Å²) in [5.41, 5.74) is 8.35. The van der Waals surface area contributed by atoms with E-state index in [1.165, 1.54) is 0 Å². The number of benzene rings is 1. The van der Waals surface area contributed by atoms with Gasteiger partial charge in [0.1, 0.15) is 17.7 Å². The molecule has 0 amide bonds. The molecular formula is C15H14N6. The molecule has 0 aliphatic rings. The van der Waals surface area contributed by atoms with E-state index in [1.54, 1.807) is 6.08 Å². The van der Waals surface area contributed by atoms with Crippen molar-refractivity contribution < 1.29 is 0 Å². The van der Waals surface area contributed by atoms with Gasteiger partial charge in [0.2, 0.25) is 0 Å². The molecule has 1 aromatic carbocycles. The van der Waals surface area contributed by atoms with Crippen LogP contribution in [-0.4, -0.2) is 24.3 Å². The third-order valence-electron chi connectivity index (χ3n) is 3.02. The minimum atomic E-state index is 0.0941. The molecule has 0 unspecified atom stereocenters. The molecule has 0 fully saturated rings. The standard InChI is InChI=1S/C15H14N6/c1-21(2)12-5-3-10(4-6-12)7-11(8-16)14-13(9-17)15(18)20-19-14/h3-7H,1-2H3,(H3,18,19,20). The molecular weight excluding hydrogens is 264 g/mol. The van der Waals surface area contributed by atoms with Crippen molar-refractivity contribution in [3.05, 3.63) is 41.1 Å². The molecule has 6 nitrogen and oxygen atoms in total. The number of nitrogens with zero attached hydrogens (tertiary/aromatic N) is 4. The third-order valence-corrected chi connectivity index (χ3v) is 3.02. The summed E-state index contributed by atoms with van der Waals surface area (Å²) < 4.78 is 0. The molecule has 2 aromatic rings. The lowest BCUT2D eigenvalue weighted by atomic mass is 10.1. The number of nitriles is 2. The minimum absolute atomic E-state index is 0.0941. The summed E-state index contributed by atoms with van der Waals surface area (Å²) in [7, 11) is 3.91. The molecule has 0 atom stereocenters. The highest BCUT2D eigenvalue weighted by molar-refractivity contribution is 5.91. The summed E-state index contributed by atoms with van der Waals surface area (Å²) in [5.74, 6) is 0.0941. The van der Waals surface area contributed by atoms with Crippen LogP contribution in [-0.2, 0) is 0 Å². The van der Waals surface area contributed by atoms with E-state index in [-0.39, 0.29) is 11.4 Å². The molecule has 1 heterocycles. The summed E-state index contributed by atoms with van der Waals surface area (Å²) >= 11 is 0. The first kappa shape index (κ1) is 14.2. The molecule has 6 heteroatoms. The maximum absolute atomic E-state index is 9.29. The van der Waals surface area contributed by atoms with E-state index < -0.39 is 0 Å². The second-order valence-electron chi connectivity index (χ2n) is 4.63. The van der Waals surface area contributed by atoms with Crippen LogP contribution in [0.25, 0.3) is 11.6 Å². The molecule has 0 aliphatic carbocycles. The Kier molecular flexibility index (Phi) is 3.92. The second kappa shape index (κ2) is 5.81. The number of allylic oxidation sites excluding steroid dienone is 1. The van der Waals surface area contributed by atoms with Crippen molar-refractivity contribution in [2.24, 2.45) is 0 Å². The molecule has 0 saturated carbocycles. The van der Waals surface area contributed by atoms with E-state index >= 15 is 0 Å². The minimum Gasteiger partial charge on any atom is -0.381 e. The molecule has 0 bridgehead atoms. The van der Waals surface area contributed by atoms with Gasteiger partial charge in [0.15, 0.2) is 5.82 Å². The number of rotatable bonds is 3. The maximum Gasteiger partial charge on any atom is 0.163 e. The molecule has 2 rings (SSSR count). The third kappa shape index (κ3) is 2.85. The molecule has 1 aromatic heterocycles. The molecule has 0 aliphatic heterocycles. The lowest BCUT2D eigenvalue weighted by molar-refractivity contribution is 1.08. The van der Waals surface area contributed by atoms with Crippen LogP contribution in [0, 0.1) is 22.7 Å². The normalized spacial score (nSPS) is 10.8. The first-order chi connectivity index (χ1) is 10.1. The number of nitrogens with two attached hydrogens (primary N) is 1. The number of hydrogen-bond donors (Lipinski definition) is 2. The Hall–Kier alpha value is -3.25. The zero-order valence-electron chi connectivity index (χ0n) is 11.8. The Morgan fingerprint density at radius 3 is 2.48 bits per heavy atom. The highest BCUT2D eigenvalue weighted by Gasteiger charge is 2.14. The number of aromatic nitrogens is 2. The fraction of sp³-hybridized carbons (Fsp3) is 0.133. The molecule has 0 saturated heterocycles. The summed E-state index contributed by atoms with van der Waals surface area (Å²) in [6.45, 7) is 0. The number of hydrogen-bond acceptors (Lipinski definition) is 5. The highest BCUT2D eigenvalue weighted by atomic mass is 15.2. The largest absolute Gasteiger partial charge is 0.381 e. The van der Waals surface area contributed by atoms with Crippen molar-refractivity contribution in [3.8, 4) is 12.1 Å². The van der Waals surface area contributed by atoms with Gasteiger partial charge in [-0.1, -0.05) is 12.1 Å². The number of nitrogens with one attached hydrogen (secondary N) is 1. The predicted octanol–water partition coefficient (Wildman–Crippen LogP) is 1.99. The maximum atomic E-state index is 9.29. The molecule has 0 spiro atoms. The van der Waals surface area contributed by atoms with Crippen LogP contribution in [0.1, 0.15) is 16.8 Å². The Bertz CT molecular complexity index is 753. The van der Waals surface area contributed by atoms with Gasteiger partial charge in [-0.3, -0.25) is 5.10 Å². The first-order valence-electron chi connectivity index (χ1n) is 6.20. The van der Waals surface area contributed by atoms with Gasteiger partial charge < -0.3 is 10.6 Å². The van der Waals surface area contributed by atoms with Crippen LogP contribution in [0.15, 0.2) is 24.3 Å². The first-order valence-corrected chi connectivity index (χ1v) is 6.20. The SMILES string of the molecule is CN(C)c1ccc(C=C(C#N)c2[nH]nc(N)c2C#N)cc1. The quantitative estimate of drug-likeness (QED) is 0.835. The molecule has 104 valence electrons. The Balaban J connectivity index is 2.42. The monoisotopic (exact) mass is 278 g/mol. The van der Waals surface area contributed by atoms with Crippen LogP contribution >= 0.6 is 0 Å². The van der Waals surface area contributed by atoms with Gasteiger partial charge >= 0.3 is 0 Å². The van der Waals surface area contributed by atoms with E-state index in [4.69, 9.17) is 11.0 Å². The topological polar surface area (TPSA) is 106 Å². The van der Waals surface area contributed by atoms with Crippen LogP contribution in [0.3, 0.4) is 0 Å². The van der Waals surface area contributed by atoms with E-state index in [9.17, 15) is 5.26 Å². The van der Waals surface area contributed by atoms with Gasteiger partial charge in [-0.25, -0.2) is 0 Å². The van der Waals surface area contributed by atoms with E-state index in [0.717, 1.165) is 11.3 Å². The Morgan fingerprint density at radius 1 is 1.29 bits per heavy atom. The van der Waals surface area contributed by atoms with Crippen LogP contribution in [0.5, 0.6) is 0 Å². The number of nitrogen functional groups attached to an aromatic ring is 1. The highest BCUT2D eigenvalue weighted by Crippen LogP contribution is 2.23. The van der Waals surface area contributed by atoms with Crippen molar-refractivity contribution in [1.29, 1.82) is 10.5 Å². The van der Waals surface area contributed by atoms with Crippen LogP contribution in [0.2, 0.25) is 0 Å². The average Bonchev–Trinajstić information content (AvgIpc) is 2.86. The van der Waals surface area contributed by atoms with Crippen molar-refractivity contribution >= 4 is 23.2 Å². The van der Waals surface area contributed by atoms with Crippen molar-refractivity contribution in [2.75, 3.05) is 24.7 Å². The summed E-state index contributed by atoms with van der Waals surface area (Å²) in [5, 5.41) is 24.7. The van der Waals surface area contributed by atoms with Crippen LogP contribution in [0.4, 0.5) is 11.5 Å². The number of H-pyrrole nitrogens is 1.